The number of halogens is 1. The molecule has 120 valence electrons. The second kappa shape index (κ2) is 7.51. The Labute approximate surface area is 131 Å². The van der Waals surface area contributed by atoms with Crippen molar-refractivity contribution in [3.05, 3.63) is 52.6 Å². The molecular formula is C17H24FN3O. The van der Waals surface area contributed by atoms with E-state index in [0.29, 0.717) is 18.7 Å². The predicted octanol–water partition coefficient (Wildman–Crippen LogP) is 2.87. The molecule has 1 atom stereocenters. The van der Waals surface area contributed by atoms with Gasteiger partial charge in [0.05, 0.1) is 11.8 Å². The molecule has 1 aromatic heterocycles. The van der Waals surface area contributed by atoms with E-state index >= 15 is 0 Å². The van der Waals surface area contributed by atoms with Gasteiger partial charge in [0, 0.05) is 36.5 Å². The molecule has 2 aromatic rings. The number of rotatable bonds is 7. The fraction of sp³-hybridized carbons (Fsp3) is 0.471. The molecule has 22 heavy (non-hydrogen) atoms. The normalized spacial score (nSPS) is 12.6. The number of nitrogens with one attached hydrogen (secondary N) is 1. The number of hydrogen-bond acceptors (Lipinski definition) is 3. The second-order valence-electron chi connectivity index (χ2n) is 5.54. The van der Waals surface area contributed by atoms with Crippen molar-refractivity contribution >= 4 is 0 Å². The van der Waals surface area contributed by atoms with Crippen LogP contribution in [0.3, 0.4) is 0 Å². The molecule has 0 radical (unpaired) electrons. The minimum atomic E-state index is -0.854. The Morgan fingerprint density at radius 1 is 1.32 bits per heavy atom. The van der Waals surface area contributed by atoms with Crippen LogP contribution in [0.4, 0.5) is 4.39 Å². The summed E-state index contributed by atoms with van der Waals surface area (Å²) in [5, 5.41) is 17.8. The average molecular weight is 305 g/mol. The zero-order valence-electron chi connectivity index (χ0n) is 13.4. The summed E-state index contributed by atoms with van der Waals surface area (Å²) in [6, 6.07) is 6.32. The maximum absolute atomic E-state index is 13.6. The lowest BCUT2D eigenvalue weighted by molar-refractivity contribution is 0.169. The standard InChI is InChI=1S/C17H24FN3O/c1-4-9-21-13(3)15(12(2)20-21)10-19-11-17(22)14-7-5-6-8-16(14)18/h5-8,17,19,22H,4,9-11H2,1-3H3. The molecule has 1 aromatic carbocycles. The van der Waals surface area contributed by atoms with Crippen molar-refractivity contribution in [2.24, 2.45) is 0 Å². The van der Waals surface area contributed by atoms with Crippen LogP contribution in [0.2, 0.25) is 0 Å². The third kappa shape index (κ3) is 3.72. The van der Waals surface area contributed by atoms with E-state index in [1.54, 1.807) is 18.2 Å². The van der Waals surface area contributed by atoms with Gasteiger partial charge in [0.1, 0.15) is 5.82 Å². The highest BCUT2D eigenvalue weighted by atomic mass is 19.1. The number of hydrogen-bond donors (Lipinski definition) is 2. The fourth-order valence-electron chi connectivity index (χ4n) is 2.61. The Bertz CT molecular complexity index is 624. The molecule has 0 fully saturated rings. The second-order valence-corrected chi connectivity index (χ2v) is 5.54. The summed E-state index contributed by atoms with van der Waals surface area (Å²) < 4.78 is 15.6. The van der Waals surface area contributed by atoms with Gasteiger partial charge in [-0.1, -0.05) is 25.1 Å². The Balaban J connectivity index is 1.95. The third-order valence-electron chi connectivity index (χ3n) is 3.87. The van der Waals surface area contributed by atoms with Crippen molar-refractivity contribution in [3.63, 3.8) is 0 Å². The summed E-state index contributed by atoms with van der Waals surface area (Å²) in [6.07, 6.45) is 0.188. The topological polar surface area (TPSA) is 50.1 Å². The average Bonchev–Trinajstić information content (AvgIpc) is 2.75. The van der Waals surface area contributed by atoms with E-state index in [4.69, 9.17) is 0 Å². The van der Waals surface area contributed by atoms with Crippen molar-refractivity contribution in [1.82, 2.24) is 15.1 Å². The highest BCUT2D eigenvalue weighted by Gasteiger charge is 2.14. The molecule has 0 saturated carbocycles. The van der Waals surface area contributed by atoms with Crippen LogP contribution in [0.5, 0.6) is 0 Å². The Hall–Kier alpha value is -1.72. The first-order chi connectivity index (χ1) is 10.5. The molecule has 0 bridgehead atoms. The fourth-order valence-corrected chi connectivity index (χ4v) is 2.61. The van der Waals surface area contributed by atoms with E-state index in [0.717, 1.165) is 29.9 Å². The number of aromatic nitrogens is 2. The molecule has 0 aliphatic carbocycles. The van der Waals surface area contributed by atoms with Crippen LogP contribution in [-0.4, -0.2) is 21.4 Å². The van der Waals surface area contributed by atoms with Crippen LogP contribution in [0, 0.1) is 19.7 Å². The van der Waals surface area contributed by atoms with E-state index < -0.39 is 6.10 Å². The molecule has 4 nitrogen and oxygen atoms in total. The minimum absolute atomic E-state index is 0.304. The Morgan fingerprint density at radius 3 is 2.73 bits per heavy atom. The first-order valence-electron chi connectivity index (χ1n) is 7.70. The van der Waals surface area contributed by atoms with Crippen LogP contribution < -0.4 is 5.32 Å². The van der Waals surface area contributed by atoms with Gasteiger partial charge in [0.15, 0.2) is 0 Å². The monoisotopic (exact) mass is 305 g/mol. The van der Waals surface area contributed by atoms with E-state index in [1.807, 2.05) is 11.6 Å². The summed E-state index contributed by atoms with van der Waals surface area (Å²) in [6.45, 7) is 8.00. The molecular weight excluding hydrogens is 281 g/mol. The molecule has 5 heteroatoms. The molecule has 1 heterocycles. The number of aliphatic hydroxyl groups excluding tert-OH is 1. The largest absolute Gasteiger partial charge is 0.387 e. The van der Waals surface area contributed by atoms with Gasteiger partial charge >= 0.3 is 0 Å². The molecule has 1 unspecified atom stereocenters. The lowest BCUT2D eigenvalue weighted by Crippen LogP contribution is -2.22. The zero-order chi connectivity index (χ0) is 16.1. The third-order valence-corrected chi connectivity index (χ3v) is 3.87. The SMILES string of the molecule is CCCn1nc(C)c(CNCC(O)c2ccccc2F)c1C. The summed E-state index contributed by atoms with van der Waals surface area (Å²) in [5.41, 5.74) is 3.62. The first kappa shape index (κ1) is 16.6. The molecule has 2 rings (SSSR count). The van der Waals surface area contributed by atoms with E-state index in [2.05, 4.69) is 24.3 Å². The summed E-state index contributed by atoms with van der Waals surface area (Å²) in [5.74, 6) is -0.375. The van der Waals surface area contributed by atoms with Gasteiger partial charge in [-0.05, 0) is 26.3 Å². The van der Waals surface area contributed by atoms with Crippen molar-refractivity contribution in [2.45, 2.75) is 46.4 Å². The number of aryl methyl sites for hydroxylation is 2. The van der Waals surface area contributed by atoms with E-state index in [9.17, 15) is 9.50 Å². The van der Waals surface area contributed by atoms with Gasteiger partial charge in [-0.15, -0.1) is 0 Å². The van der Waals surface area contributed by atoms with Crippen molar-refractivity contribution < 1.29 is 9.50 Å². The Kier molecular flexibility index (Phi) is 5.69. The lowest BCUT2D eigenvalue weighted by atomic mass is 10.1. The summed E-state index contributed by atoms with van der Waals surface area (Å²) in [7, 11) is 0. The highest BCUT2D eigenvalue weighted by molar-refractivity contribution is 5.24. The number of benzene rings is 1. The smallest absolute Gasteiger partial charge is 0.129 e. The van der Waals surface area contributed by atoms with Crippen molar-refractivity contribution in [1.29, 1.82) is 0 Å². The van der Waals surface area contributed by atoms with Gasteiger partial charge in [0.2, 0.25) is 0 Å². The number of nitrogens with zero attached hydrogens (tertiary/aromatic N) is 2. The molecule has 0 aliphatic heterocycles. The predicted molar refractivity (Wildman–Crippen MR) is 85.1 cm³/mol. The van der Waals surface area contributed by atoms with E-state index in [1.165, 1.54) is 6.07 Å². The van der Waals surface area contributed by atoms with Gasteiger partial charge in [-0.25, -0.2) is 4.39 Å². The highest BCUT2D eigenvalue weighted by Crippen LogP contribution is 2.17. The van der Waals surface area contributed by atoms with Gasteiger partial charge in [0.25, 0.3) is 0 Å². The van der Waals surface area contributed by atoms with Crippen LogP contribution in [0.1, 0.15) is 42.0 Å². The maximum atomic E-state index is 13.6. The molecule has 0 spiro atoms. The van der Waals surface area contributed by atoms with Gasteiger partial charge < -0.3 is 10.4 Å². The van der Waals surface area contributed by atoms with Crippen LogP contribution in [0.15, 0.2) is 24.3 Å². The molecule has 0 aliphatic rings. The number of aliphatic hydroxyl groups is 1. The molecule has 2 N–H and O–H groups in total. The van der Waals surface area contributed by atoms with Gasteiger partial charge in [-0.2, -0.15) is 5.10 Å². The van der Waals surface area contributed by atoms with Crippen LogP contribution in [-0.2, 0) is 13.1 Å². The summed E-state index contributed by atoms with van der Waals surface area (Å²) in [4.78, 5) is 0. The van der Waals surface area contributed by atoms with Crippen molar-refractivity contribution in [3.8, 4) is 0 Å². The lowest BCUT2D eigenvalue weighted by Gasteiger charge is -2.13. The zero-order valence-corrected chi connectivity index (χ0v) is 13.4. The quantitative estimate of drug-likeness (QED) is 0.827. The van der Waals surface area contributed by atoms with Gasteiger partial charge in [-0.3, -0.25) is 4.68 Å². The van der Waals surface area contributed by atoms with Crippen molar-refractivity contribution in [2.75, 3.05) is 6.54 Å². The summed E-state index contributed by atoms with van der Waals surface area (Å²) >= 11 is 0. The minimum Gasteiger partial charge on any atom is -0.387 e. The maximum Gasteiger partial charge on any atom is 0.129 e. The van der Waals surface area contributed by atoms with Crippen LogP contribution in [0.25, 0.3) is 0 Å². The molecule has 0 saturated heterocycles. The van der Waals surface area contributed by atoms with E-state index in [-0.39, 0.29) is 5.82 Å². The first-order valence-corrected chi connectivity index (χ1v) is 7.70. The molecule has 0 amide bonds. The Morgan fingerprint density at radius 2 is 2.05 bits per heavy atom. The van der Waals surface area contributed by atoms with Crippen LogP contribution >= 0.6 is 0 Å².